The fourth-order valence-corrected chi connectivity index (χ4v) is 17.1. The number of benzene rings is 12. The summed E-state index contributed by atoms with van der Waals surface area (Å²) in [6.45, 7) is 0. The lowest BCUT2D eigenvalue weighted by Crippen LogP contribution is -2.28. The zero-order valence-corrected chi connectivity index (χ0v) is 46.3. The van der Waals surface area contributed by atoms with Crippen LogP contribution in [0.2, 0.25) is 0 Å². The van der Waals surface area contributed by atoms with Gasteiger partial charge in [0, 0.05) is 72.4 Å². The van der Waals surface area contributed by atoms with E-state index in [1.807, 2.05) is 0 Å². The van der Waals surface area contributed by atoms with Crippen LogP contribution in [-0.2, 0) is 0 Å². The van der Waals surface area contributed by atoms with Crippen molar-refractivity contribution in [2.24, 2.45) is 0 Å². The quantitative estimate of drug-likeness (QED) is 0.176. The maximum Gasteiger partial charge on any atom is 0.241 e. The van der Waals surface area contributed by atoms with Crippen LogP contribution in [0.25, 0.3) is 111 Å². The number of aromatic nitrogens is 7. The smallest absolute Gasteiger partial charge is 0.241 e. The summed E-state index contributed by atoms with van der Waals surface area (Å²) in [5.41, 5.74) is 26.5. The second-order valence-electron chi connectivity index (χ2n) is 24.0. The lowest BCUT2D eigenvalue weighted by molar-refractivity contribution is 0.761. The molecule has 6 aliphatic carbocycles. The molecular weight excluding hydrogens is 1050 g/mol. The van der Waals surface area contributed by atoms with Crippen molar-refractivity contribution in [2.75, 3.05) is 0 Å². The van der Waals surface area contributed by atoms with Crippen LogP contribution in [0, 0.1) is 0 Å². The highest BCUT2D eigenvalue weighted by Gasteiger charge is 2.46. The molecule has 5 aromatic heterocycles. The van der Waals surface area contributed by atoms with E-state index in [2.05, 4.69) is 279 Å². The Balaban J connectivity index is 0.862. The Kier molecular flexibility index (Phi) is 8.62. The molecule has 12 aromatic carbocycles. The van der Waals surface area contributed by atoms with Crippen molar-refractivity contribution in [1.29, 1.82) is 0 Å². The average molecular weight is 1090 g/mol. The van der Waals surface area contributed by atoms with Crippen molar-refractivity contribution in [3.05, 3.63) is 328 Å². The predicted molar refractivity (Wildman–Crippen MR) is 347 cm³/mol. The fraction of sp³-hybridized carbons (Fsp3) is 0.0506. The van der Waals surface area contributed by atoms with Gasteiger partial charge in [-0.3, -0.25) is 13.7 Å². The molecule has 398 valence electrons. The van der Waals surface area contributed by atoms with Gasteiger partial charge in [0.1, 0.15) is 0 Å². The minimum absolute atomic E-state index is 0.0415. The number of nitrogens with zero attached hydrogens (tertiary/aromatic N) is 7. The molecule has 0 saturated heterocycles. The summed E-state index contributed by atoms with van der Waals surface area (Å²) >= 11 is 0. The maximum atomic E-state index is 5.85. The maximum absolute atomic E-state index is 5.85. The molecule has 0 spiro atoms. The third-order valence-electron chi connectivity index (χ3n) is 20.2. The van der Waals surface area contributed by atoms with Gasteiger partial charge in [0.2, 0.25) is 17.8 Å². The van der Waals surface area contributed by atoms with Gasteiger partial charge in [-0.05, 0) is 127 Å². The molecule has 23 rings (SSSR count). The summed E-state index contributed by atoms with van der Waals surface area (Å²) < 4.78 is 9.38. The number of hydrogen-bond acceptors (Lipinski definition) is 3. The van der Waals surface area contributed by atoms with Gasteiger partial charge in [-0.1, -0.05) is 200 Å². The Morgan fingerprint density at radius 1 is 0.198 bits per heavy atom. The first kappa shape index (κ1) is 45.4. The highest BCUT2D eigenvalue weighted by molar-refractivity contribution is 6.17. The summed E-state index contributed by atoms with van der Waals surface area (Å²) in [6, 6.07) is 96.9. The van der Waals surface area contributed by atoms with Crippen molar-refractivity contribution in [3.8, 4) is 23.5 Å². The molecule has 6 aliphatic rings. The molecule has 0 N–H and O–H groups in total. The van der Waals surface area contributed by atoms with Crippen LogP contribution in [0.5, 0.6) is 0 Å². The normalized spacial score (nSPS) is 16.8. The Morgan fingerprint density at radius 3 is 0.895 bits per heavy atom. The van der Waals surface area contributed by atoms with E-state index in [-0.39, 0.29) is 23.7 Å². The first-order chi connectivity index (χ1) is 42.7. The fourth-order valence-electron chi connectivity index (χ4n) is 17.1. The van der Waals surface area contributed by atoms with Crippen molar-refractivity contribution >= 4 is 87.2 Å². The highest BCUT2D eigenvalue weighted by Crippen LogP contribution is 2.62. The van der Waals surface area contributed by atoms with Crippen LogP contribution in [-0.4, -0.2) is 33.2 Å². The minimum atomic E-state index is -0.0531. The Labute approximate surface area is 492 Å². The summed E-state index contributed by atoms with van der Waals surface area (Å²) in [5.74, 6) is 1.86. The molecule has 86 heavy (non-hydrogen) atoms. The molecule has 0 radical (unpaired) electrons. The molecule has 17 aromatic rings. The van der Waals surface area contributed by atoms with Crippen molar-refractivity contribution in [1.82, 2.24) is 33.2 Å². The monoisotopic (exact) mass is 1090 g/mol. The van der Waals surface area contributed by atoms with Gasteiger partial charge in [-0.15, -0.1) is 0 Å². The SMILES string of the molecule is c1ccc(-n2c3ccccc3c3c4c(ccc32)C2c3ccccc3C4c3c2ccc2c3c3ccccc3n2-c2nc(-n3c4ccccc4c4ccccc43)nc(-n3c4ccccc4c4c5c(ccc43)C3c4ccccc4C5c4ccccc43)n2)cc1. The molecule has 2 atom stereocenters. The van der Waals surface area contributed by atoms with Crippen molar-refractivity contribution in [3.63, 3.8) is 0 Å². The summed E-state index contributed by atoms with van der Waals surface area (Å²) in [4.78, 5) is 17.4. The van der Waals surface area contributed by atoms with Gasteiger partial charge < -0.3 is 4.57 Å². The third-order valence-corrected chi connectivity index (χ3v) is 20.2. The van der Waals surface area contributed by atoms with Gasteiger partial charge >= 0.3 is 0 Å². The second-order valence-corrected chi connectivity index (χ2v) is 24.0. The van der Waals surface area contributed by atoms with E-state index in [0.29, 0.717) is 17.8 Å². The Morgan fingerprint density at radius 2 is 0.477 bits per heavy atom. The Hall–Kier alpha value is -11.2. The van der Waals surface area contributed by atoms with E-state index in [0.717, 1.165) is 49.6 Å². The van der Waals surface area contributed by atoms with Crippen LogP contribution >= 0.6 is 0 Å². The van der Waals surface area contributed by atoms with Gasteiger partial charge in [0.15, 0.2) is 0 Å². The molecule has 7 nitrogen and oxygen atoms in total. The topological polar surface area (TPSA) is 58.4 Å². The summed E-state index contributed by atoms with van der Waals surface area (Å²) in [5, 5.41) is 9.72. The van der Waals surface area contributed by atoms with Gasteiger partial charge in [0.05, 0.1) is 44.1 Å². The van der Waals surface area contributed by atoms with E-state index in [9.17, 15) is 0 Å². The number of para-hydroxylation sites is 6. The number of hydrogen-bond donors (Lipinski definition) is 0. The van der Waals surface area contributed by atoms with Gasteiger partial charge in [0.25, 0.3) is 0 Å². The highest BCUT2D eigenvalue weighted by atomic mass is 15.3. The molecule has 7 heteroatoms. The first-order valence-corrected chi connectivity index (χ1v) is 30.0. The molecule has 0 amide bonds. The molecular formula is C79H47N7. The van der Waals surface area contributed by atoms with Crippen molar-refractivity contribution < 1.29 is 0 Å². The summed E-state index contributed by atoms with van der Waals surface area (Å²) in [6.07, 6.45) is 0. The molecule has 2 unspecified atom stereocenters. The zero-order valence-electron chi connectivity index (χ0n) is 46.3. The molecule has 0 fully saturated rings. The van der Waals surface area contributed by atoms with Crippen LogP contribution in [0.3, 0.4) is 0 Å². The third kappa shape index (κ3) is 5.57. The lowest BCUT2D eigenvalue weighted by Gasteiger charge is -2.43. The summed E-state index contributed by atoms with van der Waals surface area (Å²) in [7, 11) is 0. The zero-order chi connectivity index (χ0) is 55.6. The second kappa shape index (κ2) is 16.3. The predicted octanol–water partition coefficient (Wildman–Crippen LogP) is 18.2. The van der Waals surface area contributed by atoms with Crippen LogP contribution in [0.4, 0.5) is 0 Å². The van der Waals surface area contributed by atoms with Gasteiger partial charge in [-0.2, -0.15) is 15.0 Å². The van der Waals surface area contributed by atoms with E-state index in [4.69, 9.17) is 15.0 Å². The molecule has 4 bridgehead atoms. The number of fused-ring (bicyclic) bond motifs is 12. The van der Waals surface area contributed by atoms with E-state index in [1.165, 1.54) is 110 Å². The molecule has 0 aliphatic heterocycles. The standard InChI is InChI=1S/C79H47N7/c1-2-20-44(21-3-1)83-61-35-17-12-30-53(61)70-64(83)41-38-57-68-49-26-6-9-29-52(49)73(75(57)70)76-58(68)40-43-66-72(76)55-32-14-19-37-63(55)86(66)79-81-77(84-59-33-15-10-22-45(59)46-23-11-16-34-60(46)84)80-78(82-79)85-62-36-18-13-31-54(62)71-65(85)42-39-56-67-47-24-4-7-27-50(47)69(74(56)71)51-28-8-5-25-48(51)67/h1-43,67-69,73H. The minimum Gasteiger partial charge on any atom is -0.309 e. The van der Waals surface area contributed by atoms with Crippen LogP contribution in [0.15, 0.2) is 261 Å². The van der Waals surface area contributed by atoms with E-state index >= 15 is 0 Å². The van der Waals surface area contributed by atoms with E-state index in [1.54, 1.807) is 0 Å². The number of rotatable bonds is 4. The largest absolute Gasteiger partial charge is 0.309 e. The average Bonchev–Trinajstić information content (AvgIpc) is 1.26. The van der Waals surface area contributed by atoms with Crippen LogP contribution < -0.4 is 0 Å². The van der Waals surface area contributed by atoms with E-state index < -0.39 is 0 Å². The van der Waals surface area contributed by atoms with Crippen molar-refractivity contribution in [2.45, 2.75) is 23.7 Å². The lowest BCUT2D eigenvalue weighted by atomic mass is 9.59. The van der Waals surface area contributed by atoms with Crippen LogP contribution in [0.1, 0.15) is 90.4 Å². The molecule has 5 heterocycles. The molecule has 0 saturated carbocycles. The van der Waals surface area contributed by atoms with Gasteiger partial charge in [-0.25, -0.2) is 0 Å². The Bertz CT molecular complexity index is 5790. The first-order valence-electron chi connectivity index (χ1n) is 30.0.